The smallest absolute Gasteiger partial charge is 0.246 e. The lowest BCUT2D eigenvalue weighted by atomic mass is 9.99. The summed E-state index contributed by atoms with van der Waals surface area (Å²) in [5.74, 6) is -0.275. The molecule has 1 fully saturated rings. The molecule has 1 aliphatic heterocycles. The Balaban J connectivity index is 1.89. The van der Waals surface area contributed by atoms with Gasteiger partial charge in [-0.1, -0.05) is 30.3 Å². The monoisotopic (exact) mass is 335 g/mol. The van der Waals surface area contributed by atoms with Gasteiger partial charge in [-0.2, -0.15) is 4.31 Å². The van der Waals surface area contributed by atoms with Crippen molar-refractivity contribution in [3.05, 3.63) is 59.9 Å². The Morgan fingerprint density at radius 1 is 1.17 bits per heavy atom. The Morgan fingerprint density at radius 2 is 1.91 bits per heavy atom. The molecule has 122 valence electrons. The standard InChI is InChI=1S/C17H18FNO3S/c1-22-16-8-7-15(18)11-17(16)23(20,21)19-10-9-14(12-19)13-5-3-2-4-6-13/h2-8,11,14H,9-10,12H2,1H3/t14-/m1/s1. The highest BCUT2D eigenvalue weighted by Crippen LogP contribution is 2.34. The van der Waals surface area contributed by atoms with Gasteiger partial charge in [0.1, 0.15) is 16.5 Å². The summed E-state index contributed by atoms with van der Waals surface area (Å²) < 4.78 is 45.6. The summed E-state index contributed by atoms with van der Waals surface area (Å²) in [5, 5.41) is 0. The summed E-state index contributed by atoms with van der Waals surface area (Å²) in [7, 11) is -2.40. The van der Waals surface area contributed by atoms with Crippen molar-refractivity contribution in [3.8, 4) is 5.75 Å². The quantitative estimate of drug-likeness (QED) is 0.863. The molecule has 0 radical (unpaired) electrons. The van der Waals surface area contributed by atoms with E-state index in [1.165, 1.54) is 23.5 Å². The van der Waals surface area contributed by atoms with Gasteiger partial charge in [0.25, 0.3) is 0 Å². The summed E-state index contributed by atoms with van der Waals surface area (Å²) in [4.78, 5) is -0.117. The van der Waals surface area contributed by atoms with Gasteiger partial charge in [0.05, 0.1) is 7.11 Å². The Morgan fingerprint density at radius 3 is 2.61 bits per heavy atom. The molecule has 0 unspecified atom stereocenters. The van der Waals surface area contributed by atoms with E-state index in [1.54, 1.807) is 0 Å². The second-order valence-corrected chi connectivity index (χ2v) is 7.46. The summed E-state index contributed by atoms with van der Waals surface area (Å²) in [5.41, 5.74) is 1.12. The van der Waals surface area contributed by atoms with Gasteiger partial charge in [-0.3, -0.25) is 0 Å². The lowest BCUT2D eigenvalue weighted by molar-refractivity contribution is 0.396. The lowest BCUT2D eigenvalue weighted by Crippen LogP contribution is -2.29. The highest BCUT2D eigenvalue weighted by Gasteiger charge is 2.35. The molecular formula is C17H18FNO3S. The van der Waals surface area contributed by atoms with Gasteiger partial charge in [0.15, 0.2) is 0 Å². The molecule has 2 aromatic carbocycles. The maximum atomic E-state index is 13.5. The second-order valence-electron chi connectivity index (χ2n) is 5.55. The number of hydrogen-bond donors (Lipinski definition) is 0. The first-order valence-electron chi connectivity index (χ1n) is 7.41. The third-order valence-electron chi connectivity index (χ3n) is 4.17. The zero-order chi connectivity index (χ0) is 16.4. The topological polar surface area (TPSA) is 46.6 Å². The van der Waals surface area contributed by atoms with Crippen LogP contribution < -0.4 is 4.74 Å². The van der Waals surface area contributed by atoms with E-state index in [0.29, 0.717) is 13.1 Å². The first-order chi connectivity index (χ1) is 11.0. The first-order valence-corrected chi connectivity index (χ1v) is 8.85. The van der Waals surface area contributed by atoms with Gasteiger partial charge in [-0.15, -0.1) is 0 Å². The third kappa shape index (κ3) is 3.09. The van der Waals surface area contributed by atoms with E-state index in [1.807, 2.05) is 30.3 Å². The van der Waals surface area contributed by atoms with Crippen LogP contribution >= 0.6 is 0 Å². The highest BCUT2D eigenvalue weighted by atomic mass is 32.2. The van der Waals surface area contributed by atoms with Crippen LogP contribution in [0.2, 0.25) is 0 Å². The fourth-order valence-corrected chi connectivity index (χ4v) is 4.60. The van der Waals surface area contributed by atoms with E-state index >= 15 is 0 Å². The van der Waals surface area contributed by atoms with Gasteiger partial charge in [-0.25, -0.2) is 12.8 Å². The number of ether oxygens (including phenoxy) is 1. The predicted octanol–water partition coefficient (Wildman–Crippen LogP) is 3.01. The van der Waals surface area contributed by atoms with Crippen molar-refractivity contribution in [1.82, 2.24) is 4.31 Å². The average molecular weight is 335 g/mol. The molecule has 0 spiro atoms. The fraction of sp³-hybridized carbons (Fsp3) is 0.294. The van der Waals surface area contributed by atoms with Gasteiger partial charge < -0.3 is 4.74 Å². The van der Waals surface area contributed by atoms with E-state index in [9.17, 15) is 12.8 Å². The molecule has 0 amide bonds. The molecule has 0 bridgehead atoms. The Labute approximate surface area is 135 Å². The predicted molar refractivity (Wildman–Crippen MR) is 85.5 cm³/mol. The minimum Gasteiger partial charge on any atom is -0.495 e. The third-order valence-corrected chi connectivity index (χ3v) is 6.05. The highest BCUT2D eigenvalue weighted by molar-refractivity contribution is 7.89. The van der Waals surface area contributed by atoms with Crippen molar-refractivity contribution in [1.29, 1.82) is 0 Å². The molecule has 23 heavy (non-hydrogen) atoms. The van der Waals surface area contributed by atoms with E-state index in [2.05, 4.69) is 0 Å². The van der Waals surface area contributed by atoms with Crippen molar-refractivity contribution in [2.75, 3.05) is 20.2 Å². The van der Waals surface area contributed by atoms with Crippen molar-refractivity contribution >= 4 is 10.0 Å². The lowest BCUT2D eigenvalue weighted by Gasteiger charge is -2.18. The summed E-state index contributed by atoms with van der Waals surface area (Å²) in [6.45, 7) is 0.813. The number of sulfonamides is 1. The number of benzene rings is 2. The second kappa shape index (κ2) is 6.29. The SMILES string of the molecule is COc1ccc(F)cc1S(=O)(=O)N1CC[C@@H](c2ccccc2)C1. The molecule has 6 heteroatoms. The van der Waals surface area contributed by atoms with E-state index in [4.69, 9.17) is 4.74 Å². The van der Waals surface area contributed by atoms with Crippen LogP contribution in [0.15, 0.2) is 53.4 Å². The number of methoxy groups -OCH3 is 1. The van der Waals surface area contributed by atoms with Crippen LogP contribution in [-0.4, -0.2) is 32.9 Å². The van der Waals surface area contributed by atoms with Crippen LogP contribution in [0.4, 0.5) is 4.39 Å². The van der Waals surface area contributed by atoms with Crippen LogP contribution in [0.25, 0.3) is 0 Å². The van der Waals surface area contributed by atoms with Crippen molar-refractivity contribution in [2.45, 2.75) is 17.2 Å². The molecule has 0 saturated carbocycles. The van der Waals surface area contributed by atoms with Gasteiger partial charge in [0.2, 0.25) is 10.0 Å². The summed E-state index contributed by atoms with van der Waals surface area (Å²) in [6.07, 6.45) is 0.751. The largest absolute Gasteiger partial charge is 0.495 e. The first kappa shape index (κ1) is 16.0. The summed E-state index contributed by atoms with van der Waals surface area (Å²) >= 11 is 0. The van der Waals surface area contributed by atoms with Gasteiger partial charge >= 0.3 is 0 Å². The normalized spacial score (nSPS) is 19.0. The van der Waals surface area contributed by atoms with Crippen LogP contribution in [0.3, 0.4) is 0 Å². The van der Waals surface area contributed by atoms with E-state index in [-0.39, 0.29) is 16.6 Å². The Kier molecular flexibility index (Phi) is 4.37. The summed E-state index contributed by atoms with van der Waals surface area (Å²) in [6, 6.07) is 13.4. The van der Waals surface area contributed by atoms with Crippen molar-refractivity contribution < 1.29 is 17.5 Å². The average Bonchev–Trinajstić information content (AvgIpc) is 3.06. The Bertz CT molecular complexity index is 793. The maximum absolute atomic E-state index is 13.5. The van der Waals surface area contributed by atoms with Crippen molar-refractivity contribution in [2.24, 2.45) is 0 Å². The van der Waals surface area contributed by atoms with E-state index < -0.39 is 15.8 Å². The molecule has 1 atom stereocenters. The minimum absolute atomic E-state index is 0.117. The molecule has 1 heterocycles. The van der Waals surface area contributed by atoms with E-state index in [0.717, 1.165) is 18.1 Å². The van der Waals surface area contributed by atoms with Crippen LogP contribution in [0, 0.1) is 5.82 Å². The number of hydrogen-bond acceptors (Lipinski definition) is 3. The molecule has 1 aliphatic rings. The minimum atomic E-state index is -3.78. The van der Waals surface area contributed by atoms with Crippen LogP contribution in [0.5, 0.6) is 5.75 Å². The maximum Gasteiger partial charge on any atom is 0.246 e. The Hall–Kier alpha value is -1.92. The molecule has 1 saturated heterocycles. The molecule has 2 aromatic rings. The number of nitrogens with zero attached hydrogens (tertiary/aromatic N) is 1. The molecular weight excluding hydrogens is 317 g/mol. The zero-order valence-electron chi connectivity index (χ0n) is 12.8. The van der Waals surface area contributed by atoms with Crippen molar-refractivity contribution in [3.63, 3.8) is 0 Å². The molecule has 3 rings (SSSR count). The number of halogens is 1. The number of rotatable bonds is 4. The molecule has 0 aliphatic carbocycles. The molecule has 0 N–H and O–H groups in total. The zero-order valence-corrected chi connectivity index (χ0v) is 13.6. The van der Waals surface area contributed by atoms with Gasteiger partial charge in [0, 0.05) is 13.1 Å². The van der Waals surface area contributed by atoms with Crippen LogP contribution in [-0.2, 0) is 10.0 Å². The molecule has 4 nitrogen and oxygen atoms in total. The van der Waals surface area contributed by atoms with Crippen LogP contribution in [0.1, 0.15) is 17.9 Å². The molecule has 0 aromatic heterocycles. The van der Waals surface area contributed by atoms with Gasteiger partial charge in [-0.05, 0) is 36.1 Å². The fourth-order valence-electron chi connectivity index (χ4n) is 2.94.